The number of benzene rings is 1. The van der Waals surface area contributed by atoms with Crippen LogP contribution in [0.1, 0.15) is 22.4 Å². The Morgan fingerprint density at radius 2 is 1.95 bits per heavy atom. The van der Waals surface area contributed by atoms with Gasteiger partial charge in [0.2, 0.25) is 5.95 Å². The lowest BCUT2D eigenvalue weighted by molar-refractivity contribution is 0.941. The molecule has 0 radical (unpaired) electrons. The maximum absolute atomic E-state index is 12.1. The summed E-state index contributed by atoms with van der Waals surface area (Å²) in [5.74, 6) is 0.477. The molecule has 5 nitrogen and oxygen atoms in total. The standard InChI is InChI=1S/C15H20N4O/c1-10-3-5-12(6-4-10)9-13-11(2)18-15(17-8-7-16)19-14(13)20/h3-6H,7-9,16H2,1-2H3,(H2,17,18,19,20). The topological polar surface area (TPSA) is 83.8 Å². The Hall–Kier alpha value is -2.14. The van der Waals surface area contributed by atoms with Gasteiger partial charge < -0.3 is 11.1 Å². The number of nitrogens with zero attached hydrogens (tertiary/aromatic N) is 1. The van der Waals surface area contributed by atoms with Crippen molar-refractivity contribution in [2.24, 2.45) is 5.73 Å². The van der Waals surface area contributed by atoms with E-state index in [-0.39, 0.29) is 5.56 Å². The number of nitrogens with two attached hydrogens (primary N) is 1. The van der Waals surface area contributed by atoms with Gasteiger partial charge in [-0.3, -0.25) is 9.78 Å². The van der Waals surface area contributed by atoms with Gasteiger partial charge in [-0.15, -0.1) is 0 Å². The molecule has 0 saturated heterocycles. The van der Waals surface area contributed by atoms with Crippen molar-refractivity contribution in [3.8, 4) is 0 Å². The lowest BCUT2D eigenvalue weighted by Crippen LogP contribution is -2.22. The molecule has 0 bridgehead atoms. The van der Waals surface area contributed by atoms with Crippen molar-refractivity contribution in [1.82, 2.24) is 9.97 Å². The fourth-order valence-electron chi connectivity index (χ4n) is 2.00. The van der Waals surface area contributed by atoms with Crippen molar-refractivity contribution >= 4 is 5.95 Å². The molecule has 0 aliphatic rings. The third kappa shape index (κ3) is 3.45. The predicted molar refractivity (Wildman–Crippen MR) is 81.1 cm³/mol. The van der Waals surface area contributed by atoms with E-state index < -0.39 is 0 Å². The van der Waals surface area contributed by atoms with Crippen LogP contribution in [0.3, 0.4) is 0 Å². The number of rotatable bonds is 5. The molecule has 0 amide bonds. The molecule has 106 valence electrons. The van der Waals surface area contributed by atoms with Gasteiger partial charge in [0.1, 0.15) is 0 Å². The lowest BCUT2D eigenvalue weighted by Gasteiger charge is -2.08. The van der Waals surface area contributed by atoms with Crippen LogP contribution in [-0.2, 0) is 6.42 Å². The molecule has 2 aromatic rings. The summed E-state index contributed by atoms with van der Waals surface area (Å²) in [6, 6.07) is 8.16. The summed E-state index contributed by atoms with van der Waals surface area (Å²) in [6.07, 6.45) is 0.589. The number of aryl methyl sites for hydroxylation is 2. The van der Waals surface area contributed by atoms with Crippen molar-refractivity contribution in [3.05, 3.63) is 57.0 Å². The van der Waals surface area contributed by atoms with E-state index in [1.807, 2.05) is 38.1 Å². The van der Waals surface area contributed by atoms with E-state index in [2.05, 4.69) is 15.3 Å². The zero-order valence-electron chi connectivity index (χ0n) is 11.9. The molecule has 0 fully saturated rings. The van der Waals surface area contributed by atoms with Crippen molar-refractivity contribution < 1.29 is 0 Å². The fraction of sp³-hybridized carbons (Fsp3) is 0.333. The predicted octanol–water partition coefficient (Wildman–Crippen LogP) is 1.35. The quantitative estimate of drug-likeness (QED) is 0.767. The summed E-state index contributed by atoms with van der Waals surface area (Å²) in [6.45, 7) is 4.97. The minimum Gasteiger partial charge on any atom is -0.354 e. The molecule has 4 N–H and O–H groups in total. The number of aromatic nitrogens is 2. The number of nitrogens with one attached hydrogen (secondary N) is 2. The molecule has 0 atom stereocenters. The molecule has 1 aromatic heterocycles. The number of hydrogen-bond donors (Lipinski definition) is 3. The fourth-order valence-corrected chi connectivity index (χ4v) is 2.00. The Kier molecular flexibility index (Phi) is 4.53. The molecule has 0 saturated carbocycles. The van der Waals surface area contributed by atoms with Crippen LogP contribution in [0.5, 0.6) is 0 Å². The first-order chi connectivity index (χ1) is 9.60. The van der Waals surface area contributed by atoms with Crippen LogP contribution in [0.25, 0.3) is 0 Å². The van der Waals surface area contributed by atoms with Crippen LogP contribution >= 0.6 is 0 Å². The third-order valence-electron chi connectivity index (χ3n) is 3.16. The molecule has 0 aliphatic heterocycles. The Morgan fingerprint density at radius 1 is 1.25 bits per heavy atom. The van der Waals surface area contributed by atoms with E-state index in [9.17, 15) is 4.79 Å². The zero-order chi connectivity index (χ0) is 14.5. The molecular formula is C15H20N4O. The van der Waals surface area contributed by atoms with Crippen LogP contribution in [0, 0.1) is 13.8 Å². The van der Waals surface area contributed by atoms with Gasteiger partial charge in [-0.05, 0) is 19.4 Å². The van der Waals surface area contributed by atoms with Gasteiger partial charge >= 0.3 is 0 Å². The van der Waals surface area contributed by atoms with E-state index in [1.54, 1.807) is 0 Å². The van der Waals surface area contributed by atoms with Gasteiger partial charge in [-0.25, -0.2) is 4.98 Å². The molecule has 0 aliphatic carbocycles. The van der Waals surface area contributed by atoms with E-state index in [0.29, 0.717) is 31.0 Å². The molecule has 20 heavy (non-hydrogen) atoms. The summed E-state index contributed by atoms with van der Waals surface area (Å²) >= 11 is 0. The largest absolute Gasteiger partial charge is 0.354 e. The first-order valence-corrected chi connectivity index (χ1v) is 6.69. The highest BCUT2D eigenvalue weighted by Gasteiger charge is 2.08. The molecular weight excluding hydrogens is 252 g/mol. The molecule has 0 unspecified atom stereocenters. The van der Waals surface area contributed by atoms with Crippen LogP contribution in [0.15, 0.2) is 29.1 Å². The highest BCUT2D eigenvalue weighted by atomic mass is 16.1. The normalized spacial score (nSPS) is 10.6. The van der Waals surface area contributed by atoms with E-state index in [0.717, 1.165) is 11.3 Å². The van der Waals surface area contributed by atoms with E-state index in [4.69, 9.17) is 5.73 Å². The van der Waals surface area contributed by atoms with Gasteiger partial charge in [0.25, 0.3) is 5.56 Å². The van der Waals surface area contributed by atoms with Crippen LogP contribution in [0.2, 0.25) is 0 Å². The molecule has 1 heterocycles. The highest BCUT2D eigenvalue weighted by molar-refractivity contribution is 5.33. The Bertz CT molecular complexity index is 631. The van der Waals surface area contributed by atoms with Gasteiger partial charge in [0.15, 0.2) is 0 Å². The maximum Gasteiger partial charge on any atom is 0.256 e. The first kappa shape index (κ1) is 14.3. The lowest BCUT2D eigenvalue weighted by atomic mass is 10.0. The van der Waals surface area contributed by atoms with Gasteiger partial charge in [0.05, 0.1) is 5.69 Å². The minimum absolute atomic E-state index is 0.0994. The molecule has 0 spiro atoms. The van der Waals surface area contributed by atoms with Crippen LogP contribution in [-0.4, -0.2) is 23.1 Å². The van der Waals surface area contributed by atoms with E-state index in [1.165, 1.54) is 5.56 Å². The smallest absolute Gasteiger partial charge is 0.256 e. The summed E-state index contributed by atoms with van der Waals surface area (Å²) in [7, 11) is 0. The molecule has 1 aromatic carbocycles. The molecule has 5 heteroatoms. The summed E-state index contributed by atoms with van der Waals surface area (Å²) in [4.78, 5) is 19.2. The first-order valence-electron chi connectivity index (χ1n) is 6.69. The SMILES string of the molecule is Cc1ccc(Cc2c(C)nc(NCCN)[nH]c2=O)cc1. The van der Waals surface area contributed by atoms with Crippen LogP contribution in [0.4, 0.5) is 5.95 Å². The monoisotopic (exact) mass is 272 g/mol. The average molecular weight is 272 g/mol. The Labute approximate surface area is 118 Å². The highest BCUT2D eigenvalue weighted by Crippen LogP contribution is 2.10. The summed E-state index contributed by atoms with van der Waals surface area (Å²) < 4.78 is 0. The number of hydrogen-bond acceptors (Lipinski definition) is 4. The van der Waals surface area contributed by atoms with Crippen molar-refractivity contribution in [3.63, 3.8) is 0 Å². The van der Waals surface area contributed by atoms with Crippen LogP contribution < -0.4 is 16.6 Å². The average Bonchev–Trinajstić information content (AvgIpc) is 2.42. The second-order valence-electron chi connectivity index (χ2n) is 4.86. The zero-order valence-corrected chi connectivity index (χ0v) is 11.9. The maximum atomic E-state index is 12.1. The number of H-pyrrole nitrogens is 1. The van der Waals surface area contributed by atoms with Gasteiger partial charge in [0, 0.05) is 25.1 Å². The third-order valence-corrected chi connectivity index (χ3v) is 3.16. The van der Waals surface area contributed by atoms with Gasteiger partial charge in [-0.1, -0.05) is 29.8 Å². The molecule has 2 rings (SSSR count). The summed E-state index contributed by atoms with van der Waals surface area (Å²) in [5, 5.41) is 2.98. The van der Waals surface area contributed by atoms with E-state index >= 15 is 0 Å². The van der Waals surface area contributed by atoms with Crippen molar-refractivity contribution in [1.29, 1.82) is 0 Å². The number of aromatic amines is 1. The number of anilines is 1. The minimum atomic E-state index is -0.0994. The van der Waals surface area contributed by atoms with Crippen molar-refractivity contribution in [2.75, 3.05) is 18.4 Å². The Balaban J connectivity index is 2.24. The summed E-state index contributed by atoms with van der Waals surface area (Å²) in [5.41, 5.74) is 9.07. The Morgan fingerprint density at radius 3 is 2.55 bits per heavy atom. The van der Waals surface area contributed by atoms with Gasteiger partial charge in [-0.2, -0.15) is 0 Å². The second kappa shape index (κ2) is 6.34. The van der Waals surface area contributed by atoms with Crippen molar-refractivity contribution in [2.45, 2.75) is 20.3 Å². The second-order valence-corrected chi connectivity index (χ2v) is 4.86.